The van der Waals surface area contributed by atoms with Gasteiger partial charge in [0.1, 0.15) is 5.75 Å². The normalized spacial score (nSPS) is 17.6. The van der Waals surface area contributed by atoms with Gasteiger partial charge in [-0.25, -0.2) is 13.2 Å². The van der Waals surface area contributed by atoms with Crippen molar-refractivity contribution in [3.8, 4) is 5.75 Å². The zero-order valence-electron chi connectivity index (χ0n) is 12.5. The zero-order valence-corrected chi connectivity index (χ0v) is 13.3. The molecule has 1 aromatic carbocycles. The molecule has 7 heteroatoms. The van der Waals surface area contributed by atoms with Gasteiger partial charge in [-0.3, -0.25) is 4.31 Å². The molecule has 1 unspecified atom stereocenters. The maximum Gasteiger partial charge on any atom is 0.331 e. The van der Waals surface area contributed by atoms with E-state index < -0.39 is 22.0 Å². The number of hydrogen-bond acceptors (Lipinski definition) is 4. The average molecular weight is 323 g/mol. The molecule has 0 saturated carbocycles. The number of allylic oxidation sites excluding steroid dienone is 2. The van der Waals surface area contributed by atoms with Crippen LogP contribution >= 0.6 is 0 Å². The van der Waals surface area contributed by atoms with Gasteiger partial charge in [0.25, 0.3) is 10.0 Å². The van der Waals surface area contributed by atoms with Gasteiger partial charge in [0.2, 0.25) is 0 Å². The fourth-order valence-electron chi connectivity index (χ4n) is 2.44. The number of ether oxygens (including phenoxy) is 1. The molecule has 0 aromatic heterocycles. The predicted molar refractivity (Wildman–Crippen MR) is 81.2 cm³/mol. The molecule has 118 valence electrons. The topological polar surface area (TPSA) is 83.9 Å². The fraction of sp³-hybridized carbons (Fsp3) is 0.267. The molecule has 1 aliphatic heterocycles. The molecule has 6 nitrogen and oxygen atoms in total. The van der Waals surface area contributed by atoms with E-state index in [0.29, 0.717) is 16.9 Å². The minimum Gasteiger partial charge on any atom is -0.497 e. The molecule has 0 saturated heterocycles. The maximum absolute atomic E-state index is 12.9. The molecule has 0 fully saturated rings. The molecule has 2 rings (SSSR count). The Morgan fingerprint density at radius 3 is 2.32 bits per heavy atom. The minimum absolute atomic E-state index is 0.0968. The van der Waals surface area contributed by atoms with Crippen molar-refractivity contribution in [2.24, 2.45) is 0 Å². The number of carbonyl (C=O) groups is 1. The van der Waals surface area contributed by atoms with Gasteiger partial charge in [-0.1, -0.05) is 6.08 Å². The van der Waals surface area contributed by atoms with Crippen LogP contribution in [0.25, 0.3) is 0 Å². The lowest BCUT2D eigenvalue weighted by atomic mass is 10.1. The quantitative estimate of drug-likeness (QED) is 0.914. The summed E-state index contributed by atoms with van der Waals surface area (Å²) in [7, 11) is -2.48. The first-order valence-electron chi connectivity index (χ1n) is 6.55. The molecule has 1 aromatic rings. The molecule has 1 atom stereocenters. The fourth-order valence-corrected chi connectivity index (χ4v) is 4.28. The van der Waals surface area contributed by atoms with Crippen LogP contribution in [-0.2, 0) is 14.8 Å². The number of carboxylic acid groups (broad SMARTS) is 1. The van der Waals surface area contributed by atoms with E-state index >= 15 is 0 Å². The summed E-state index contributed by atoms with van der Waals surface area (Å²) in [6.45, 7) is 3.31. The Bertz CT molecular complexity index is 741. The van der Waals surface area contributed by atoms with Gasteiger partial charge >= 0.3 is 5.97 Å². The molecular formula is C15H17NO5S. The van der Waals surface area contributed by atoms with Crippen LogP contribution in [0.15, 0.2) is 41.5 Å². The van der Waals surface area contributed by atoms with Crippen LogP contribution < -0.4 is 4.74 Å². The summed E-state index contributed by atoms with van der Waals surface area (Å²) >= 11 is 0. The van der Waals surface area contributed by atoms with Crippen LogP contribution in [0.3, 0.4) is 0 Å². The summed E-state index contributed by atoms with van der Waals surface area (Å²) in [6, 6.07) is 1.97. The maximum atomic E-state index is 12.9. The number of carboxylic acids is 1. The second kappa shape index (κ2) is 5.84. The Kier molecular flexibility index (Phi) is 4.27. The van der Waals surface area contributed by atoms with E-state index in [0.717, 1.165) is 4.31 Å². The van der Waals surface area contributed by atoms with Crippen molar-refractivity contribution in [1.82, 2.24) is 4.31 Å². The second-order valence-corrected chi connectivity index (χ2v) is 6.71. The van der Waals surface area contributed by atoms with Crippen LogP contribution in [0.5, 0.6) is 5.75 Å². The monoisotopic (exact) mass is 323 g/mol. The Hall–Kier alpha value is -2.28. The number of sulfonamides is 1. The third kappa shape index (κ3) is 2.71. The van der Waals surface area contributed by atoms with E-state index in [2.05, 4.69) is 0 Å². The van der Waals surface area contributed by atoms with E-state index in [1.165, 1.54) is 31.5 Å². The highest BCUT2D eigenvalue weighted by molar-refractivity contribution is 7.89. The summed E-state index contributed by atoms with van der Waals surface area (Å²) in [4.78, 5) is 11.4. The van der Waals surface area contributed by atoms with E-state index in [1.807, 2.05) is 0 Å². The number of aliphatic carboxylic acids is 1. The lowest BCUT2D eigenvalue weighted by Gasteiger charge is -2.28. The number of rotatable bonds is 4. The summed E-state index contributed by atoms with van der Waals surface area (Å²) in [5.74, 6) is -0.675. The first-order chi connectivity index (χ1) is 10.3. The van der Waals surface area contributed by atoms with Gasteiger partial charge in [0, 0.05) is 6.20 Å². The molecule has 0 spiro atoms. The van der Waals surface area contributed by atoms with Crippen molar-refractivity contribution in [3.63, 3.8) is 0 Å². The Morgan fingerprint density at radius 1 is 1.23 bits per heavy atom. The molecule has 1 heterocycles. The van der Waals surface area contributed by atoms with Crippen molar-refractivity contribution < 1.29 is 23.1 Å². The van der Waals surface area contributed by atoms with Crippen molar-refractivity contribution in [2.75, 3.05) is 7.11 Å². The third-order valence-electron chi connectivity index (χ3n) is 3.37. The highest BCUT2D eigenvalue weighted by atomic mass is 32.2. The van der Waals surface area contributed by atoms with Crippen LogP contribution in [0.1, 0.15) is 11.1 Å². The minimum atomic E-state index is -3.98. The largest absolute Gasteiger partial charge is 0.497 e. The number of methoxy groups -OCH3 is 1. The highest BCUT2D eigenvalue weighted by Gasteiger charge is 2.34. The van der Waals surface area contributed by atoms with Crippen molar-refractivity contribution in [2.45, 2.75) is 24.8 Å². The van der Waals surface area contributed by atoms with E-state index in [9.17, 15) is 18.3 Å². The lowest BCUT2D eigenvalue weighted by molar-refractivity contribution is -0.139. The molecular weight excluding hydrogens is 306 g/mol. The Labute approximate surface area is 129 Å². The molecule has 0 radical (unpaired) electrons. The molecule has 0 bridgehead atoms. The molecule has 1 N–H and O–H groups in total. The van der Waals surface area contributed by atoms with E-state index in [4.69, 9.17) is 4.74 Å². The van der Waals surface area contributed by atoms with Crippen LogP contribution in [0.2, 0.25) is 0 Å². The standard InChI is InChI=1S/C15H17NO5S/c1-10-8-12(21-3)9-11(2)14(10)22(19,20)16-7-5-4-6-13(16)15(17)18/h4-9,13H,1-3H3,(H,17,18). The number of nitrogens with zero attached hydrogens (tertiary/aromatic N) is 1. The second-order valence-electron chi connectivity index (χ2n) is 4.93. The van der Waals surface area contributed by atoms with Crippen molar-refractivity contribution >= 4 is 16.0 Å². The predicted octanol–water partition coefficient (Wildman–Crippen LogP) is 1.84. The van der Waals surface area contributed by atoms with Crippen LogP contribution in [0, 0.1) is 13.8 Å². The number of hydrogen-bond donors (Lipinski definition) is 1. The first-order valence-corrected chi connectivity index (χ1v) is 7.99. The van der Waals surface area contributed by atoms with E-state index in [-0.39, 0.29) is 4.90 Å². The van der Waals surface area contributed by atoms with Crippen LogP contribution in [0.4, 0.5) is 0 Å². The SMILES string of the molecule is COc1cc(C)c(S(=O)(=O)N2C=CC=CC2C(=O)O)c(C)c1. The summed E-state index contributed by atoms with van der Waals surface area (Å²) in [6.07, 6.45) is 5.59. The van der Waals surface area contributed by atoms with Gasteiger partial charge in [0.05, 0.1) is 12.0 Å². The van der Waals surface area contributed by atoms with Gasteiger partial charge in [0.15, 0.2) is 6.04 Å². The number of aryl methyl sites for hydroxylation is 2. The van der Waals surface area contributed by atoms with Gasteiger partial charge in [-0.05, 0) is 49.3 Å². The molecule has 22 heavy (non-hydrogen) atoms. The highest BCUT2D eigenvalue weighted by Crippen LogP contribution is 2.30. The van der Waals surface area contributed by atoms with Gasteiger partial charge in [-0.15, -0.1) is 0 Å². The summed E-state index contributed by atoms with van der Waals surface area (Å²) < 4.78 is 31.7. The smallest absolute Gasteiger partial charge is 0.331 e. The lowest BCUT2D eigenvalue weighted by Crippen LogP contribution is -2.41. The van der Waals surface area contributed by atoms with Gasteiger partial charge in [-0.2, -0.15) is 0 Å². The summed E-state index contributed by atoms with van der Waals surface area (Å²) in [5, 5.41) is 9.23. The first kappa shape index (κ1) is 16.1. The Balaban J connectivity index is 2.58. The summed E-state index contributed by atoms with van der Waals surface area (Å²) in [5.41, 5.74) is 1.01. The van der Waals surface area contributed by atoms with Crippen LogP contribution in [-0.4, -0.2) is 37.0 Å². The zero-order chi connectivity index (χ0) is 16.5. The van der Waals surface area contributed by atoms with Crippen molar-refractivity contribution in [1.29, 1.82) is 0 Å². The van der Waals surface area contributed by atoms with Gasteiger partial charge < -0.3 is 9.84 Å². The number of benzene rings is 1. The average Bonchev–Trinajstić information content (AvgIpc) is 2.46. The van der Waals surface area contributed by atoms with E-state index in [1.54, 1.807) is 26.0 Å². The molecule has 1 aliphatic rings. The Morgan fingerprint density at radius 2 is 1.82 bits per heavy atom. The molecule has 0 aliphatic carbocycles. The third-order valence-corrected chi connectivity index (χ3v) is 5.43. The van der Waals surface area contributed by atoms with Crippen molar-refractivity contribution in [3.05, 3.63) is 47.7 Å². The molecule has 0 amide bonds.